The maximum Gasteiger partial charge on any atom is 0.148 e. The van der Waals surface area contributed by atoms with Crippen LogP contribution in [0.5, 0.6) is 0 Å². The zero-order valence-electron chi connectivity index (χ0n) is 19.2. The van der Waals surface area contributed by atoms with Gasteiger partial charge in [0.25, 0.3) is 0 Å². The van der Waals surface area contributed by atoms with Gasteiger partial charge >= 0.3 is 0 Å². The van der Waals surface area contributed by atoms with Crippen LogP contribution in [0.3, 0.4) is 0 Å². The van der Waals surface area contributed by atoms with Gasteiger partial charge in [-0.05, 0) is 50.1 Å². The van der Waals surface area contributed by atoms with Gasteiger partial charge in [-0.3, -0.25) is 0 Å². The first-order valence-electron chi connectivity index (χ1n) is 11.4. The number of ether oxygens (including phenoxy) is 1. The fraction of sp³-hybridized carbons (Fsp3) is 0.400. The molecule has 3 aromatic rings. The van der Waals surface area contributed by atoms with E-state index in [9.17, 15) is 0 Å². The standard InChI is InChI=1S/C25H29Cl2N5O/c1-4-19-24(17-11-10-16(26)13-18(17)27)29-20(5-2)25(30-19)31-21-14-32(15-22(21)33-6-3)23-9-7-8-12-28-23/h7-13,21-22H,4-6,14-15H2,1-3H3,(H,30,31)/t21-,22+/m1/s1. The summed E-state index contributed by atoms with van der Waals surface area (Å²) in [5.74, 6) is 1.76. The van der Waals surface area contributed by atoms with Crippen molar-refractivity contribution in [3.05, 3.63) is 64.0 Å². The zero-order chi connectivity index (χ0) is 23.4. The van der Waals surface area contributed by atoms with Crippen LogP contribution < -0.4 is 10.2 Å². The fourth-order valence-corrected chi connectivity index (χ4v) is 4.71. The van der Waals surface area contributed by atoms with Gasteiger partial charge in [-0.15, -0.1) is 0 Å². The predicted molar refractivity (Wildman–Crippen MR) is 136 cm³/mol. The minimum absolute atomic E-state index is 0.0268. The molecule has 4 rings (SSSR count). The van der Waals surface area contributed by atoms with Crippen LogP contribution in [0.2, 0.25) is 10.0 Å². The van der Waals surface area contributed by atoms with Crippen molar-refractivity contribution in [3.63, 3.8) is 0 Å². The third-order valence-electron chi connectivity index (χ3n) is 5.84. The molecule has 0 amide bonds. The molecule has 0 spiro atoms. The van der Waals surface area contributed by atoms with Crippen LogP contribution in [0.15, 0.2) is 42.6 Å². The Balaban J connectivity index is 1.65. The average Bonchev–Trinajstić information content (AvgIpc) is 3.22. The van der Waals surface area contributed by atoms with E-state index in [1.54, 1.807) is 6.07 Å². The maximum atomic E-state index is 6.50. The second-order valence-corrected chi connectivity index (χ2v) is 8.83. The molecule has 2 aromatic heterocycles. The van der Waals surface area contributed by atoms with E-state index < -0.39 is 0 Å². The molecule has 1 aliphatic heterocycles. The van der Waals surface area contributed by atoms with Gasteiger partial charge in [0.05, 0.1) is 34.3 Å². The number of nitrogens with one attached hydrogen (secondary N) is 1. The maximum absolute atomic E-state index is 6.50. The summed E-state index contributed by atoms with van der Waals surface area (Å²) in [5.41, 5.74) is 3.46. The second-order valence-electron chi connectivity index (χ2n) is 7.98. The molecule has 0 bridgehead atoms. The quantitative estimate of drug-likeness (QED) is 0.442. The number of hydrogen-bond donors (Lipinski definition) is 1. The van der Waals surface area contributed by atoms with Crippen molar-refractivity contribution in [2.45, 2.75) is 45.8 Å². The number of rotatable bonds is 8. The van der Waals surface area contributed by atoms with Crippen LogP contribution in [-0.2, 0) is 17.6 Å². The number of pyridine rings is 1. The summed E-state index contributed by atoms with van der Waals surface area (Å²) in [6.45, 7) is 8.39. The molecule has 1 aromatic carbocycles. The summed E-state index contributed by atoms with van der Waals surface area (Å²) in [5, 5.41) is 4.83. The Morgan fingerprint density at radius 2 is 1.85 bits per heavy atom. The van der Waals surface area contributed by atoms with Crippen molar-refractivity contribution in [1.82, 2.24) is 15.0 Å². The lowest BCUT2D eigenvalue weighted by Gasteiger charge is -2.22. The molecule has 0 radical (unpaired) electrons. The van der Waals surface area contributed by atoms with Gasteiger partial charge in [0.2, 0.25) is 0 Å². The van der Waals surface area contributed by atoms with Crippen LogP contribution in [-0.4, -0.2) is 46.8 Å². The van der Waals surface area contributed by atoms with Crippen molar-refractivity contribution >= 4 is 34.8 Å². The Bertz CT molecular complexity index is 1100. The lowest BCUT2D eigenvalue weighted by Crippen LogP contribution is -2.35. The Hall–Kier alpha value is -2.41. The Morgan fingerprint density at radius 1 is 1.03 bits per heavy atom. The highest BCUT2D eigenvalue weighted by molar-refractivity contribution is 6.36. The van der Waals surface area contributed by atoms with E-state index >= 15 is 0 Å². The number of nitrogens with zero attached hydrogens (tertiary/aromatic N) is 4. The highest BCUT2D eigenvalue weighted by Crippen LogP contribution is 2.33. The highest BCUT2D eigenvalue weighted by Gasteiger charge is 2.35. The van der Waals surface area contributed by atoms with E-state index in [4.69, 9.17) is 37.9 Å². The predicted octanol–water partition coefficient (Wildman–Crippen LogP) is 5.68. The number of aromatic nitrogens is 3. The molecule has 0 unspecified atom stereocenters. The summed E-state index contributed by atoms with van der Waals surface area (Å²) in [6, 6.07) is 11.5. The molecule has 33 heavy (non-hydrogen) atoms. The topological polar surface area (TPSA) is 63.2 Å². The van der Waals surface area contributed by atoms with Crippen molar-refractivity contribution in [1.29, 1.82) is 0 Å². The van der Waals surface area contributed by atoms with Crippen LogP contribution in [0.1, 0.15) is 32.2 Å². The number of halogens is 2. The molecule has 2 atom stereocenters. The van der Waals surface area contributed by atoms with Crippen LogP contribution in [0.4, 0.5) is 11.6 Å². The third kappa shape index (κ3) is 5.24. The second kappa shape index (κ2) is 10.7. The summed E-state index contributed by atoms with van der Waals surface area (Å²) < 4.78 is 6.08. The van der Waals surface area contributed by atoms with Crippen LogP contribution in [0, 0.1) is 0 Å². The van der Waals surface area contributed by atoms with Gasteiger partial charge in [-0.25, -0.2) is 15.0 Å². The Kier molecular flexibility index (Phi) is 7.68. The first kappa shape index (κ1) is 23.7. The summed E-state index contributed by atoms with van der Waals surface area (Å²) >= 11 is 12.6. The molecule has 0 aliphatic carbocycles. The fourth-order valence-electron chi connectivity index (χ4n) is 4.21. The number of aryl methyl sites for hydroxylation is 2. The molecule has 3 heterocycles. The molecule has 0 saturated carbocycles. The molecular weight excluding hydrogens is 457 g/mol. The average molecular weight is 486 g/mol. The van der Waals surface area contributed by atoms with E-state index in [2.05, 4.69) is 29.0 Å². The smallest absolute Gasteiger partial charge is 0.148 e. The molecule has 1 N–H and O–H groups in total. The van der Waals surface area contributed by atoms with E-state index in [1.165, 1.54) is 0 Å². The van der Waals surface area contributed by atoms with Crippen molar-refractivity contribution in [3.8, 4) is 11.3 Å². The third-order valence-corrected chi connectivity index (χ3v) is 6.39. The normalized spacial score (nSPS) is 18.0. The molecule has 6 nitrogen and oxygen atoms in total. The molecule has 1 aliphatic rings. The van der Waals surface area contributed by atoms with Gasteiger partial charge < -0.3 is 15.0 Å². The number of hydrogen-bond acceptors (Lipinski definition) is 6. The monoisotopic (exact) mass is 485 g/mol. The molecule has 1 saturated heterocycles. The van der Waals surface area contributed by atoms with Crippen LogP contribution in [0.25, 0.3) is 11.3 Å². The van der Waals surface area contributed by atoms with Gasteiger partial charge in [0.15, 0.2) is 0 Å². The van der Waals surface area contributed by atoms with Gasteiger partial charge in [0.1, 0.15) is 11.6 Å². The molecule has 1 fully saturated rings. The molecule has 174 valence electrons. The van der Waals surface area contributed by atoms with E-state index in [-0.39, 0.29) is 12.1 Å². The van der Waals surface area contributed by atoms with Crippen LogP contribution >= 0.6 is 23.2 Å². The van der Waals surface area contributed by atoms with Gasteiger partial charge in [-0.1, -0.05) is 43.1 Å². The first-order chi connectivity index (χ1) is 16.0. The van der Waals surface area contributed by atoms with E-state index in [0.29, 0.717) is 16.7 Å². The number of anilines is 2. The Labute approximate surface area is 205 Å². The minimum Gasteiger partial charge on any atom is -0.374 e. The summed E-state index contributed by atoms with van der Waals surface area (Å²) in [7, 11) is 0. The first-order valence-corrected chi connectivity index (χ1v) is 12.2. The highest BCUT2D eigenvalue weighted by atomic mass is 35.5. The van der Waals surface area contributed by atoms with Gasteiger partial charge in [-0.2, -0.15) is 0 Å². The largest absolute Gasteiger partial charge is 0.374 e. The lowest BCUT2D eigenvalue weighted by molar-refractivity contribution is 0.0719. The van der Waals surface area contributed by atoms with E-state index in [1.807, 2.05) is 43.5 Å². The van der Waals surface area contributed by atoms with Crippen molar-refractivity contribution in [2.24, 2.45) is 0 Å². The zero-order valence-corrected chi connectivity index (χ0v) is 20.7. The number of benzene rings is 1. The SMILES string of the molecule is CCO[C@H]1CN(c2ccccn2)C[C@H]1Nc1nc(CC)c(-c2ccc(Cl)cc2Cl)nc1CC. The molecular formula is C25H29Cl2N5O. The lowest BCUT2D eigenvalue weighted by atomic mass is 10.1. The van der Waals surface area contributed by atoms with E-state index in [0.717, 1.165) is 60.2 Å². The summed E-state index contributed by atoms with van der Waals surface area (Å²) in [4.78, 5) is 16.8. The van der Waals surface area contributed by atoms with Crippen molar-refractivity contribution in [2.75, 3.05) is 29.9 Å². The Morgan fingerprint density at radius 3 is 2.52 bits per heavy atom. The molecule has 8 heteroatoms. The van der Waals surface area contributed by atoms with Crippen molar-refractivity contribution < 1.29 is 4.74 Å². The summed E-state index contributed by atoms with van der Waals surface area (Å²) in [6.07, 6.45) is 3.33. The van der Waals surface area contributed by atoms with Gasteiger partial charge in [0, 0.05) is 36.5 Å². The minimum atomic E-state index is 0.0268.